The van der Waals surface area contributed by atoms with Crippen molar-refractivity contribution in [3.05, 3.63) is 34.3 Å². The SMILES string of the molecule is CC(c1ccc(Cl)cc1C(=O)O)C1CCNC1.Cl. The van der Waals surface area contributed by atoms with Crippen molar-refractivity contribution in [3.8, 4) is 0 Å². The van der Waals surface area contributed by atoms with Gasteiger partial charge in [0.15, 0.2) is 0 Å². The lowest BCUT2D eigenvalue weighted by Gasteiger charge is -2.20. The lowest BCUT2D eigenvalue weighted by Crippen LogP contribution is -2.16. The number of nitrogens with one attached hydrogen (secondary N) is 1. The highest BCUT2D eigenvalue weighted by atomic mass is 35.5. The van der Waals surface area contributed by atoms with E-state index in [1.165, 1.54) is 6.07 Å². The molecule has 1 heterocycles. The molecule has 18 heavy (non-hydrogen) atoms. The number of aromatic carboxylic acids is 1. The van der Waals surface area contributed by atoms with Crippen LogP contribution in [0.1, 0.15) is 35.2 Å². The van der Waals surface area contributed by atoms with Gasteiger partial charge in [-0.2, -0.15) is 0 Å². The number of benzene rings is 1. The van der Waals surface area contributed by atoms with Crippen LogP contribution in [0.3, 0.4) is 0 Å². The fraction of sp³-hybridized carbons (Fsp3) is 0.462. The second kappa shape index (κ2) is 6.41. The van der Waals surface area contributed by atoms with Crippen molar-refractivity contribution < 1.29 is 9.90 Å². The molecule has 5 heteroatoms. The molecular weight excluding hydrogens is 273 g/mol. The minimum Gasteiger partial charge on any atom is -0.478 e. The van der Waals surface area contributed by atoms with Gasteiger partial charge in [-0.05, 0) is 49.0 Å². The molecule has 0 aliphatic carbocycles. The summed E-state index contributed by atoms with van der Waals surface area (Å²) in [6.45, 7) is 4.07. The molecule has 1 aromatic rings. The van der Waals surface area contributed by atoms with Gasteiger partial charge in [0.2, 0.25) is 0 Å². The maximum atomic E-state index is 11.2. The van der Waals surface area contributed by atoms with E-state index in [9.17, 15) is 9.90 Å². The Morgan fingerprint density at radius 2 is 2.28 bits per heavy atom. The summed E-state index contributed by atoms with van der Waals surface area (Å²) in [5.74, 6) is -0.150. The van der Waals surface area contributed by atoms with Crippen LogP contribution >= 0.6 is 24.0 Å². The Morgan fingerprint density at radius 1 is 1.56 bits per heavy atom. The van der Waals surface area contributed by atoms with Crippen LogP contribution in [0.2, 0.25) is 5.02 Å². The second-order valence-corrected chi connectivity index (χ2v) is 5.01. The molecule has 2 atom stereocenters. The van der Waals surface area contributed by atoms with Gasteiger partial charge in [-0.1, -0.05) is 24.6 Å². The number of halogens is 2. The third-order valence-corrected chi connectivity index (χ3v) is 3.78. The molecule has 0 radical (unpaired) electrons. The molecule has 1 aliphatic heterocycles. The molecule has 0 amide bonds. The van der Waals surface area contributed by atoms with Gasteiger partial charge in [0.1, 0.15) is 0 Å². The minimum absolute atomic E-state index is 0. The molecule has 0 aromatic heterocycles. The van der Waals surface area contributed by atoms with Crippen LogP contribution in [0.15, 0.2) is 18.2 Å². The van der Waals surface area contributed by atoms with Crippen molar-refractivity contribution in [2.45, 2.75) is 19.3 Å². The van der Waals surface area contributed by atoms with Gasteiger partial charge in [-0.25, -0.2) is 4.79 Å². The van der Waals surface area contributed by atoms with Gasteiger partial charge < -0.3 is 10.4 Å². The summed E-state index contributed by atoms with van der Waals surface area (Å²) in [5.41, 5.74) is 1.22. The average Bonchev–Trinajstić information content (AvgIpc) is 2.81. The standard InChI is InChI=1S/C13H16ClNO2.ClH/c1-8(9-4-5-15-7-9)11-3-2-10(14)6-12(11)13(16)17;/h2-3,6,8-9,15H,4-5,7H2,1H3,(H,16,17);1H. The molecule has 0 bridgehead atoms. The zero-order chi connectivity index (χ0) is 12.4. The van der Waals surface area contributed by atoms with Crippen molar-refractivity contribution in [3.63, 3.8) is 0 Å². The van der Waals surface area contributed by atoms with Crippen molar-refractivity contribution in [1.82, 2.24) is 5.32 Å². The summed E-state index contributed by atoms with van der Waals surface area (Å²) < 4.78 is 0. The Balaban J connectivity index is 0.00000162. The number of carboxylic acid groups (broad SMARTS) is 1. The first kappa shape index (κ1) is 15.3. The third kappa shape index (κ3) is 3.16. The zero-order valence-electron chi connectivity index (χ0n) is 10.1. The van der Waals surface area contributed by atoms with E-state index in [1.807, 2.05) is 6.07 Å². The zero-order valence-corrected chi connectivity index (χ0v) is 11.7. The second-order valence-electron chi connectivity index (χ2n) is 4.58. The minimum atomic E-state index is -0.902. The van der Waals surface area contributed by atoms with Gasteiger partial charge in [0.25, 0.3) is 0 Å². The molecule has 3 nitrogen and oxygen atoms in total. The Morgan fingerprint density at radius 3 is 2.83 bits per heavy atom. The third-order valence-electron chi connectivity index (χ3n) is 3.54. The molecule has 1 fully saturated rings. The van der Waals surface area contributed by atoms with Gasteiger partial charge >= 0.3 is 5.97 Å². The topological polar surface area (TPSA) is 49.3 Å². The maximum Gasteiger partial charge on any atom is 0.336 e. The van der Waals surface area contributed by atoms with E-state index in [0.29, 0.717) is 16.5 Å². The van der Waals surface area contributed by atoms with Crippen molar-refractivity contribution in [1.29, 1.82) is 0 Å². The summed E-state index contributed by atoms with van der Waals surface area (Å²) in [6, 6.07) is 5.15. The van der Waals surface area contributed by atoms with E-state index in [0.717, 1.165) is 25.1 Å². The molecule has 2 N–H and O–H groups in total. The lowest BCUT2D eigenvalue weighted by molar-refractivity contribution is 0.0695. The fourth-order valence-electron chi connectivity index (χ4n) is 2.47. The Hall–Kier alpha value is -0.770. The van der Waals surface area contributed by atoms with E-state index < -0.39 is 5.97 Å². The first-order valence-electron chi connectivity index (χ1n) is 5.83. The van der Waals surface area contributed by atoms with Crippen LogP contribution < -0.4 is 5.32 Å². The largest absolute Gasteiger partial charge is 0.478 e. The van der Waals surface area contributed by atoms with E-state index >= 15 is 0 Å². The Kier molecular flexibility index (Phi) is 5.45. The molecular formula is C13H17Cl2NO2. The van der Waals surface area contributed by atoms with Crippen molar-refractivity contribution in [2.24, 2.45) is 5.92 Å². The van der Waals surface area contributed by atoms with E-state index in [2.05, 4.69) is 12.2 Å². The highest BCUT2D eigenvalue weighted by Crippen LogP contribution is 2.32. The summed E-state index contributed by atoms with van der Waals surface area (Å²) in [6.07, 6.45) is 1.10. The summed E-state index contributed by atoms with van der Waals surface area (Å²) in [7, 11) is 0. The predicted octanol–water partition coefficient (Wildman–Crippen LogP) is 3.17. The Labute approximate surface area is 118 Å². The van der Waals surface area contributed by atoms with E-state index in [4.69, 9.17) is 11.6 Å². The molecule has 1 aliphatic rings. The summed E-state index contributed by atoms with van der Waals surface area (Å²) in [4.78, 5) is 11.2. The van der Waals surface area contributed by atoms with Gasteiger partial charge in [-0.15, -0.1) is 12.4 Å². The van der Waals surface area contributed by atoms with Crippen LogP contribution in [0.25, 0.3) is 0 Å². The normalized spacial score (nSPS) is 20.2. The first-order chi connectivity index (χ1) is 8.09. The van der Waals surface area contributed by atoms with Crippen LogP contribution in [0, 0.1) is 5.92 Å². The predicted molar refractivity (Wildman–Crippen MR) is 75.1 cm³/mol. The summed E-state index contributed by atoms with van der Waals surface area (Å²) in [5, 5.41) is 13.0. The molecule has 1 saturated heterocycles. The quantitative estimate of drug-likeness (QED) is 0.899. The van der Waals surface area contributed by atoms with Gasteiger partial charge in [-0.3, -0.25) is 0 Å². The Bertz CT molecular complexity index is 431. The highest BCUT2D eigenvalue weighted by Gasteiger charge is 2.25. The number of rotatable bonds is 3. The van der Waals surface area contributed by atoms with Crippen molar-refractivity contribution in [2.75, 3.05) is 13.1 Å². The van der Waals surface area contributed by atoms with Gasteiger partial charge in [0.05, 0.1) is 5.56 Å². The average molecular weight is 290 g/mol. The van der Waals surface area contributed by atoms with E-state index in [1.54, 1.807) is 6.07 Å². The maximum absolute atomic E-state index is 11.2. The number of carboxylic acids is 1. The number of carbonyl (C=O) groups is 1. The molecule has 2 unspecified atom stereocenters. The number of hydrogen-bond acceptors (Lipinski definition) is 2. The van der Waals surface area contributed by atoms with Crippen LogP contribution in [-0.2, 0) is 0 Å². The smallest absolute Gasteiger partial charge is 0.336 e. The summed E-state index contributed by atoms with van der Waals surface area (Å²) >= 11 is 5.85. The monoisotopic (exact) mass is 289 g/mol. The van der Waals surface area contributed by atoms with E-state index in [-0.39, 0.29) is 18.3 Å². The van der Waals surface area contributed by atoms with Crippen molar-refractivity contribution >= 4 is 30.0 Å². The van der Waals surface area contributed by atoms with Gasteiger partial charge in [0, 0.05) is 5.02 Å². The fourth-order valence-corrected chi connectivity index (χ4v) is 2.64. The molecule has 0 saturated carbocycles. The highest BCUT2D eigenvalue weighted by molar-refractivity contribution is 6.31. The lowest BCUT2D eigenvalue weighted by atomic mass is 9.84. The first-order valence-corrected chi connectivity index (χ1v) is 6.21. The van der Waals surface area contributed by atoms with Crippen LogP contribution in [-0.4, -0.2) is 24.2 Å². The molecule has 0 spiro atoms. The molecule has 2 rings (SSSR count). The van der Waals surface area contributed by atoms with Crippen LogP contribution in [0.4, 0.5) is 0 Å². The molecule has 100 valence electrons. The molecule has 1 aromatic carbocycles. The van der Waals surface area contributed by atoms with Crippen LogP contribution in [0.5, 0.6) is 0 Å². The number of hydrogen-bond donors (Lipinski definition) is 2.